The average molecular weight is 394 g/mol. The Bertz CT molecular complexity index is 1020. The number of nitrogens with zero attached hydrogens (tertiary/aromatic N) is 1. The van der Waals surface area contributed by atoms with Crippen molar-refractivity contribution in [2.75, 3.05) is 17.4 Å². The Morgan fingerprint density at radius 2 is 1.43 bits per heavy atom. The molecule has 5 nitrogen and oxygen atoms in total. The van der Waals surface area contributed by atoms with Crippen LogP contribution < -0.4 is 9.62 Å². The molecule has 1 N–H and O–H groups in total. The third kappa shape index (κ3) is 4.58. The zero-order valence-electron chi connectivity index (χ0n) is 15.6. The van der Waals surface area contributed by atoms with Crippen molar-refractivity contribution < 1.29 is 13.2 Å². The summed E-state index contributed by atoms with van der Waals surface area (Å²) in [7, 11) is -3.75. The molecule has 0 aliphatic rings. The molecule has 0 fully saturated rings. The smallest absolute Gasteiger partial charge is 0.264 e. The molecule has 0 unspecified atom stereocenters. The fourth-order valence-electron chi connectivity index (χ4n) is 2.78. The van der Waals surface area contributed by atoms with Crippen molar-refractivity contribution in [2.45, 2.75) is 11.8 Å². The number of nitrogens with one attached hydrogen (secondary N) is 1. The summed E-state index contributed by atoms with van der Waals surface area (Å²) in [6.07, 6.45) is 0. The van der Waals surface area contributed by atoms with E-state index in [-0.39, 0.29) is 23.9 Å². The van der Waals surface area contributed by atoms with Gasteiger partial charge in [0.1, 0.15) is 0 Å². The molecule has 3 rings (SSSR count). The zero-order chi connectivity index (χ0) is 20.0. The average Bonchev–Trinajstić information content (AvgIpc) is 2.72. The van der Waals surface area contributed by atoms with Crippen LogP contribution in [0.1, 0.15) is 15.9 Å². The number of benzene rings is 3. The SMILES string of the molecule is Cc1ccc(S(=O)(=O)N(CCNC(=O)c2ccccc2)c2ccccc2)cc1. The summed E-state index contributed by atoms with van der Waals surface area (Å²) in [6, 6.07) is 24.5. The highest BCUT2D eigenvalue weighted by atomic mass is 32.2. The number of carbonyl (C=O) groups excluding carboxylic acids is 1. The van der Waals surface area contributed by atoms with E-state index in [0.717, 1.165) is 5.56 Å². The number of hydrogen-bond acceptors (Lipinski definition) is 3. The lowest BCUT2D eigenvalue weighted by atomic mass is 10.2. The fourth-order valence-corrected chi connectivity index (χ4v) is 4.25. The van der Waals surface area contributed by atoms with Crippen molar-refractivity contribution >= 4 is 21.6 Å². The largest absolute Gasteiger partial charge is 0.350 e. The van der Waals surface area contributed by atoms with E-state index in [4.69, 9.17) is 0 Å². The second kappa shape index (κ2) is 8.71. The second-order valence-electron chi connectivity index (χ2n) is 6.35. The van der Waals surface area contributed by atoms with Crippen molar-refractivity contribution in [2.24, 2.45) is 0 Å². The van der Waals surface area contributed by atoms with Crippen molar-refractivity contribution in [3.8, 4) is 0 Å². The first-order valence-corrected chi connectivity index (χ1v) is 10.4. The van der Waals surface area contributed by atoms with Gasteiger partial charge in [0.25, 0.3) is 15.9 Å². The van der Waals surface area contributed by atoms with E-state index in [2.05, 4.69) is 5.32 Å². The minimum atomic E-state index is -3.75. The van der Waals surface area contributed by atoms with Crippen LogP contribution in [0.2, 0.25) is 0 Å². The Balaban J connectivity index is 1.80. The number of carbonyl (C=O) groups is 1. The molecule has 28 heavy (non-hydrogen) atoms. The molecule has 0 spiro atoms. The van der Waals surface area contributed by atoms with Crippen LogP contribution in [0.5, 0.6) is 0 Å². The van der Waals surface area contributed by atoms with E-state index in [1.165, 1.54) is 4.31 Å². The predicted octanol–water partition coefficient (Wildman–Crippen LogP) is 3.62. The van der Waals surface area contributed by atoms with Crippen molar-refractivity contribution in [1.29, 1.82) is 0 Å². The third-order valence-corrected chi connectivity index (χ3v) is 6.13. The summed E-state index contributed by atoms with van der Waals surface area (Å²) in [6.45, 7) is 2.22. The Labute approximate surface area is 165 Å². The van der Waals surface area contributed by atoms with Crippen LogP contribution in [-0.2, 0) is 10.0 Å². The number of sulfonamides is 1. The lowest BCUT2D eigenvalue weighted by Gasteiger charge is -2.24. The van der Waals surface area contributed by atoms with E-state index in [1.54, 1.807) is 72.8 Å². The van der Waals surface area contributed by atoms with Crippen molar-refractivity contribution in [3.63, 3.8) is 0 Å². The van der Waals surface area contributed by atoms with Gasteiger partial charge in [-0.2, -0.15) is 0 Å². The van der Waals surface area contributed by atoms with Crippen LogP contribution in [0, 0.1) is 6.92 Å². The molecule has 3 aromatic rings. The van der Waals surface area contributed by atoms with Crippen LogP contribution in [0.4, 0.5) is 5.69 Å². The topological polar surface area (TPSA) is 66.5 Å². The molecule has 0 aliphatic carbocycles. The van der Waals surface area contributed by atoms with Crippen molar-refractivity contribution in [3.05, 3.63) is 96.1 Å². The zero-order valence-corrected chi connectivity index (χ0v) is 16.4. The maximum Gasteiger partial charge on any atom is 0.264 e. The summed E-state index contributed by atoms with van der Waals surface area (Å²) in [5.74, 6) is -0.235. The Morgan fingerprint density at radius 3 is 2.04 bits per heavy atom. The van der Waals surface area contributed by atoms with Crippen LogP contribution in [-0.4, -0.2) is 27.4 Å². The van der Waals surface area contributed by atoms with Gasteiger partial charge in [0, 0.05) is 12.1 Å². The van der Waals surface area contributed by atoms with Gasteiger partial charge in [-0.15, -0.1) is 0 Å². The first-order chi connectivity index (χ1) is 13.5. The van der Waals surface area contributed by atoms with Crippen LogP contribution >= 0.6 is 0 Å². The molecular weight excluding hydrogens is 372 g/mol. The molecule has 0 radical (unpaired) electrons. The molecule has 3 aromatic carbocycles. The number of para-hydroxylation sites is 1. The normalized spacial score (nSPS) is 11.0. The van der Waals surface area contributed by atoms with Gasteiger partial charge in [-0.25, -0.2) is 8.42 Å². The van der Waals surface area contributed by atoms with Crippen LogP contribution in [0.3, 0.4) is 0 Å². The standard InChI is InChI=1S/C22H22N2O3S/c1-18-12-14-21(15-13-18)28(26,27)24(20-10-6-3-7-11-20)17-16-23-22(25)19-8-4-2-5-9-19/h2-15H,16-17H2,1H3,(H,23,25). The number of aryl methyl sites for hydroxylation is 1. The van der Waals surface area contributed by atoms with Gasteiger partial charge in [-0.3, -0.25) is 9.10 Å². The van der Waals surface area contributed by atoms with Crippen LogP contribution in [0.25, 0.3) is 0 Å². The number of hydrogen-bond donors (Lipinski definition) is 1. The van der Waals surface area contributed by atoms with Gasteiger partial charge < -0.3 is 5.32 Å². The Hall–Kier alpha value is -3.12. The molecule has 0 atom stereocenters. The van der Waals surface area contributed by atoms with Gasteiger partial charge in [-0.1, -0.05) is 54.1 Å². The first kappa shape index (κ1) is 19.6. The molecule has 0 saturated heterocycles. The molecule has 0 bridgehead atoms. The van der Waals surface area contributed by atoms with E-state index in [0.29, 0.717) is 11.3 Å². The lowest BCUT2D eigenvalue weighted by molar-refractivity contribution is 0.0955. The van der Waals surface area contributed by atoms with Gasteiger partial charge in [0.2, 0.25) is 0 Å². The molecule has 0 heterocycles. The predicted molar refractivity (Wildman–Crippen MR) is 111 cm³/mol. The van der Waals surface area contributed by atoms with Gasteiger partial charge in [-0.05, 0) is 43.3 Å². The molecule has 1 amide bonds. The van der Waals surface area contributed by atoms with Gasteiger partial charge in [0.15, 0.2) is 0 Å². The lowest BCUT2D eigenvalue weighted by Crippen LogP contribution is -2.38. The Kier molecular flexibility index (Phi) is 6.11. The minimum absolute atomic E-state index is 0.124. The monoisotopic (exact) mass is 394 g/mol. The molecule has 0 aromatic heterocycles. The first-order valence-electron chi connectivity index (χ1n) is 8.96. The van der Waals surface area contributed by atoms with E-state index in [9.17, 15) is 13.2 Å². The number of rotatable bonds is 7. The molecule has 144 valence electrons. The van der Waals surface area contributed by atoms with E-state index in [1.807, 2.05) is 19.1 Å². The maximum absolute atomic E-state index is 13.2. The Morgan fingerprint density at radius 1 is 0.857 bits per heavy atom. The summed E-state index contributed by atoms with van der Waals surface area (Å²) in [5.41, 5.74) is 2.08. The number of anilines is 1. The van der Waals surface area contributed by atoms with E-state index < -0.39 is 10.0 Å². The fraction of sp³-hybridized carbons (Fsp3) is 0.136. The second-order valence-corrected chi connectivity index (χ2v) is 8.21. The highest BCUT2D eigenvalue weighted by Crippen LogP contribution is 2.23. The van der Waals surface area contributed by atoms with Gasteiger partial charge >= 0.3 is 0 Å². The summed E-state index contributed by atoms with van der Waals surface area (Å²) >= 11 is 0. The highest BCUT2D eigenvalue weighted by Gasteiger charge is 2.24. The minimum Gasteiger partial charge on any atom is -0.350 e. The third-order valence-electron chi connectivity index (χ3n) is 4.29. The quantitative estimate of drug-likeness (QED) is 0.666. The molecule has 0 saturated carbocycles. The molecule has 0 aliphatic heterocycles. The molecular formula is C22H22N2O3S. The van der Waals surface area contributed by atoms with E-state index >= 15 is 0 Å². The van der Waals surface area contributed by atoms with Gasteiger partial charge in [0.05, 0.1) is 17.1 Å². The van der Waals surface area contributed by atoms with Crippen LogP contribution in [0.15, 0.2) is 89.8 Å². The summed E-state index contributed by atoms with van der Waals surface area (Å²) in [4.78, 5) is 12.5. The number of amides is 1. The highest BCUT2D eigenvalue weighted by molar-refractivity contribution is 7.92. The van der Waals surface area contributed by atoms with Crippen molar-refractivity contribution in [1.82, 2.24) is 5.32 Å². The maximum atomic E-state index is 13.2. The summed E-state index contributed by atoms with van der Waals surface area (Å²) in [5, 5.41) is 2.79. The molecule has 6 heteroatoms. The summed E-state index contributed by atoms with van der Waals surface area (Å²) < 4.78 is 27.7.